The maximum atomic E-state index is 13.0. The quantitative estimate of drug-likeness (QED) is 0.663. The highest BCUT2D eigenvalue weighted by atomic mass is 35.5. The van der Waals surface area contributed by atoms with E-state index in [1.165, 1.54) is 20.4 Å². The minimum Gasteiger partial charge on any atom is -0.493 e. The van der Waals surface area contributed by atoms with E-state index in [0.29, 0.717) is 22.6 Å². The molecular weight excluding hydrogens is 347 g/mol. The Hall–Kier alpha value is -2.48. The average molecular weight is 358 g/mol. The van der Waals surface area contributed by atoms with Gasteiger partial charge in [-0.3, -0.25) is 0 Å². The second kappa shape index (κ2) is 5.86. The fraction of sp³-hybridized carbons (Fsp3) is 0.200. The summed E-state index contributed by atoms with van der Waals surface area (Å²) in [6.07, 6.45) is -3.21. The number of ether oxygens (including phenoxy) is 2. The van der Waals surface area contributed by atoms with Crippen molar-refractivity contribution in [2.45, 2.75) is 6.18 Å². The van der Waals surface area contributed by atoms with E-state index in [2.05, 4.69) is 10.1 Å². The van der Waals surface area contributed by atoms with Crippen LogP contribution in [-0.4, -0.2) is 28.8 Å². The van der Waals surface area contributed by atoms with Gasteiger partial charge >= 0.3 is 6.18 Å². The van der Waals surface area contributed by atoms with Crippen LogP contribution in [0.25, 0.3) is 16.8 Å². The van der Waals surface area contributed by atoms with Crippen molar-refractivity contribution in [3.05, 3.63) is 41.3 Å². The molecule has 9 heteroatoms. The van der Waals surface area contributed by atoms with Gasteiger partial charge in [-0.2, -0.15) is 18.3 Å². The smallest absolute Gasteiger partial charge is 0.433 e. The summed E-state index contributed by atoms with van der Waals surface area (Å²) in [5, 5.41) is 3.82. The third-order valence-electron chi connectivity index (χ3n) is 3.41. The lowest BCUT2D eigenvalue weighted by Gasteiger charge is -2.10. The predicted octanol–water partition coefficient (Wildman–Crippen LogP) is 4.09. The molecule has 0 fully saturated rings. The number of aromatic nitrogens is 3. The van der Waals surface area contributed by atoms with E-state index in [4.69, 9.17) is 21.1 Å². The van der Waals surface area contributed by atoms with Crippen molar-refractivity contribution in [1.82, 2.24) is 14.6 Å². The van der Waals surface area contributed by atoms with Crippen LogP contribution in [0, 0.1) is 0 Å². The van der Waals surface area contributed by atoms with Crippen LogP contribution >= 0.6 is 11.6 Å². The van der Waals surface area contributed by atoms with Crippen LogP contribution in [0.4, 0.5) is 13.2 Å². The number of methoxy groups -OCH3 is 2. The molecule has 126 valence electrons. The molecule has 2 heterocycles. The SMILES string of the molecule is COc1ccc(-c2cnn3c(Cl)cc(C(F)(F)F)nc23)cc1OC. The third kappa shape index (κ3) is 2.73. The van der Waals surface area contributed by atoms with Gasteiger partial charge in [-0.1, -0.05) is 17.7 Å². The first kappa shape index (κ1) is 16.4. The molecular formula is C15H11ClF3N3O2. The van der Waals surface area contributed by atoms with Crippen LogP contribution in [0.15, 0.2) is 30.5 Å². The molecule has 0 unspecified atom stereocenters. The molecule has 0 saturated carbocycles. The minimum absolute atomic E-state index is 0.00189. The molecule has 0 spiro atoms. The molecule has 3 rings (SSSR count). The molecule has 24 heavy (non-hydrogen) atoms. The van der Waals surface area contributed by atoms with E-state index in [1.807, 2.05) is 0 Å². The summed E-state index contributed by atoms with van der Waals surface area (Å²) in [6, 6.07) is 5.69. The van der Waals surface area contributed by atoms with Crippen molar-refractivity contribution in [3.63, 3.8) is 0 Å². The minimum atomic E-state index is -4.61. The molecule has 0 atom stereocenters. The van der Waals surface area contributed by atoms with Crippen molar-refractivity contribution in [2.24, 2.45) is 0 Å². The Bertz CT molecular complexity index is 909. The van der Waals surface area contributed by atoms with E-state index in [9.17, 15) is 13.2 Å². The number of fused-ring (bicyclic) bond motifs is 1. The monoisotopic (exact) mass is 357 g/mol. The summed E-state index contributed by atoms with van der Waals surface area (Å²) < 4.78 is 50.4. The lowest BCUT2D eigenvalue weighted by molar-refractivity contribution is -0.141. The lowest BCUT2D eigenvalue weighted by Crippen LogP contribution is -2.10. The number of halogens is 4. The Morgan fingerprint density at radius 3 is 2.42 bits per heavy atom. The summed E-state index contributed by atoms with van der Waals surface area (Å²) in [7, 11) is 2.96. The first-order valence-electron chi connectivity index (χ1n) is 6.69. The highest BCUT2D eigenvalue weighted by molar-refractivity contribution is 6.29. The topological polar surface area (TPSA) is 48.7 Å². The molecule has 0 aliphatic rings. The Labute approximate surface area is 139 Å². The van der Waals surface area contributed by atoms with Crippen molar-refractivity contribution >= 4 is 17.2 Å². The van der Waals surface area contributed by atoms with Gasteiger partial charge in [0.25, 0.3) is 0 Å². The highest BCUT2D eigenvalue weighted by Crippen LogP contribution is 2.35. The fourth-order valence-corrected chi connectivity index (χ4v) is 2.51. The van der Waals surface area contributed by atoms with Gasteiger partial charge in [0, 0.05) is 11.6 Å². The van der Waals surface area contributed by atoms with Crippen molar-refractivity contribution in [1.29, 1.82) is 0 Å². The van der Waals surface area contributed by atoms with Crippen molar-refractivity contribution < 1.29 is 22.6 Å². The Balaban J connectivity index is 2.22. The van der Waals surface area contributed by atoms with Crippen molar-refractivity contribution in [2.75, 3.05) is 14.2 Å². The number of benzene rings is 1. The normalized spacial score (nSPS) is 11.8. The molecule has 1 aromatic carbocycles. The third-order valence-corrected chi connectivity index (χ3v) is 3.68. The number of hydrogen-bond acceptors (Lipinski definition) is 4. The predicted molar refractivity (Wildman–Crippen MR) is 81.5 cm³/mol. The summed E-state index contributed by atoms with van der Waals surface area (Å²) in [5.74, 6) is 0.937. The fourth-order valence-electron chi connectivity index (χ4n) is 2.28. The molecule has 0 aliphatic heterocycles. The molecule has 0 aliphatic carbocycles. The van der Waals surface area contributed by atoms with Gasteiger partial charge in [0.1, 0.15) is 10.8 Å². The van der Waals surface area contributed by atoms with E-state index in [1.54, 1.807) is 18.2 Å². The van der Waals surface area contributed by atoms with Gasteiger partial charge in [-0.05, 0) is 17.7 Å². The van der Waals surface area contributed by atoms with Gasteiger partial charge < -0.3 is 9.47 Å². The average Bonchev–Trinajstić information content (AvgIpc) is 2.98. The summed E-state index contributed by atoms with van der Waals surface area (Å²) in [5.41, 5.74) is -0.112. The largest absolute Gasteiger partial charge is 0.493 e. The summed E-state index contributed by atoms with van der Waals surface area (Å²) in [4.78, 5) is 3.66. The standard InChI is InChI=1S/C15H11ClF3N3O2/c1-23-10-4-3-8(5-11(10)24-2)9-7-20-22-13(16)6-12(15(17,18)19)21-14(9)22/h3-7H,1-2H3. The zero-order chi connectivity index (χ0) is 17.5. The second-order valence-electron chi connectivity index (χ2n) is 4.83. The number of nitrogens with zero attached hydrogens (tertiary/aromatic N) is 3. The van der Waals surface area contributed by atoms with Gasteiger partial charge in [0.05, 0.1) is 20.4 Å². The zero-order valence-electron chi connectivity index (χ0n) is 12.6. The molecule has 0 saturated heterocycles. The molecule has 0 amide bonds. The first-order valence-corrected chi connectivity index (χ1v) is 7.07. The van der Waals surface area contributed by atoms with E-state index in [0.717, 1.165) is 10.6 Å². The van der Waals surface area contributed by atoms with E-state index < -0.39 is 11.9 Å². The van der Waals surface area contributed by atoms with Gasteiger partial charge in [0.15, 0.2) is 17.1 Å². The van der Waals surface area contributed by atoms with Crippen LogP contribution in [0.2, 0.25) is 5.15 Å². The van der Waals surface area contributed by atoms with Crippen LogP contribution in [0.5, 0.6) is 11.5 Å². The molecule has 3 aromatic rings. The first-order chi connectivity index (χ1) is 11.3. The Kier molecular flexibility index (Phi) is 4.00. The number of rotatable bonds is 3. The Morgan fingerprint density at radius 1 is 1.08 bits per heavy atom. The van der Waals surface area contributed by atoms with Gasteiger partial charge in [0.2, 0.25) is 0 Å². The summed E-state index contributed by atoms with van der Waals surface area (Å²) >= 11 is 5.89. The second-order valence-corrected chi connectivity index (χ2v) is 5.21. The van der Waals surface area contributed by atoms with Crippen molar-refractivity contribution in [3.8, 4) is 22.6 Å². The highest BCUT2D eigenvalue weighted by Gasteiger charge is 2.34. The molecule has 0 radical (unpaired) electrons. The molecule has 5 nitrogen and oxygen atoms in total. The molecule has 0 N–H and O–H groups in total. The Morgan fingerprint density at radius 2 is 1.79 bits per heavy atom. The van der Waals surface area contributed by atoms with Crippen LogP contribution < -0.4 is 9.47 Å². The number of alkyl halides is 3. The van der Waals surface area contributed by atoms with Crippen LogP contribution in [0.1, 0.15) is 5.69 Å². The van der Waals surface area contributed by atoms with Gasteiger partial charge in [-0.25, -0.2) is 9.50 Å². The molecule has 2 aromatic heterocycles. The molecule has 0 bridgehead atoms. The summed E-state index contributed by atoms with van der Waals surface area (Å²) in [6.45, 7) is 0. The van der Waals surface area contributed by atoms with Crippen LogP contribution in [0.3, 0.4) is 0 Å². The van der Waals surface area contributed by atoms with Crippen LogP contribution in [-0.2, 0) is 6.18 Å². The maximum absolute atomic E-state index is 13.0. The van der Waals surface area contributed by atoms with E-state index in [-0.39, 0.29) is 10.8 Å². The maximum Gasteiger partial charge on any atom is 0.433 e. The van der Waals surface area contributed by atoms with E-state index >= 15 is 0 Å². The zero-order valence-corrected chi connectivity index (χ0v) is 13.3. The lowest BCUT2D eigenvalue weighted by atomic mass is 10.1. The van der Waals surface area contributed by atoms with Gasteiger partial charge in [-0.15, -0.1) is 0 Å². The number of hydrogen-bond donors (Lipinski definition) is 0.